The van der Waals surface area contributed by atoms with Gasteiger partial charge in [0.15, 0.2) is 0 Å². The van der Waals surface area contributed by atoms with Crippen LogP contribution in [0.15, 0.2) is 30.3 Å². The summed E-state index contributed by atoms with van der Waals surface area (Å²) in [5, 5.41) is 0. The topological polar surface area (TPSA) is 20.3 Å². The second kappa shape index (κ2) is 8.35. The largest absolute Gasteiger partial charge is 0.342 e. The lowest BCUT2D eigenvalue weighted by atomic mass is 9.91. The number of carbonyl (C=O) groups is 1. The van der Waals surface area contributed by atoms with Crippen LogP contribution in [0.25, 0.3) is 0 Å². The van der Waals surface area contributed by atoms with Crippen molar-refractivity contribution in [1.29, 1.82) is 0 Å². The van der Waals surface area contributed by atoms with Crippen LogP contribution in [0, 0.1) is 5.92 Å². The van der Waals surface area contributed by atoms with Gasteiger partial charge in [0.05, 0.1) is 0 Å². The highest BCUT2D eigenvalue weighted by molar-refractivity contribution is 7.98. The van der Waals surface area contributed by atoms with Crippen molar-refractivity contribution >= 4 is 17.7 Å². The standard InChI is InChI=1S/C17H25NOS/c1-20-13-11-17(19)18-12-5-8-16(14-18)10-9-15-6-3-2-4-7-15/h2-4,6-7,16H,5,8-14H2,1H3/t16-/m1/s1. The Labute approximate surface area is 126 Å². The lowest BCUT2D eigenvalue weighted by molar-refractivity contribution is -0.132. The number of piperidine rings is 1. The quantitative estimate of drug-likeness (QED) is 0.798. The Morgan fingerprint density at radius 1 is 1.35 bits per heavy atom. The summed E-state index contributed by atoms with van der Waals surface area (Å²) in [7, 11) is 0. The molecule has 2 nitrogen and oxygen atoms in total. The number of amides is 1. The molecule has 1 aromatic rings. The molecule has 0 aliphatic carbocycles. The van der Waals surface area contributed by atoms with Crippen LogP contribution in [0.2, 0.25) is 0 Å². The molecule has 1 atom stereocenters. The van der Waals surface area contributed by atoms with Gasteiger partial charge in [-0.15, -0.1) is 0 Å². The third-order valence-electron chi connectivity index (χ3n) is 4.08. The zero-order valence-corrected chi connectivity index (χ0v) is 13.2. The van der Waals surface area contributed by atoms with E-state index in [2.05, 4.69) is 41.5 Å². The van der Waals surface area contributed by atoms with E-state index < -0.39 is 0 Å². The Bertz CT molecular complexity index is 407. The summed E-state index contributed by atoms with van der Waals surface area (Å²) >= 11 is 1.75. The van der Waals surface area contributed by atoms with E-state index in [4.69, 9.17) is 0 Å². The summed E-state index contributed by atoms with van der Waals surface area (Å²) in [5.41, 5.74) is 1.42. The van der Waals surface area contributed by atoms with E-state index >= 15 is 0 Å². The number of likely N-dealkylation sites (tertiary alicyclic amines) is 1. The minimum absolute atomic E-state index is 0.351. The third kappa shape index (κ3) is 4.86. The first-order valence-electron chi connectivity index (χ1n) is 7.60. The molecule has 0 radical (unpaired) electrons. The second-order valence-corrected chi connectivity index (χ2v) is 6.60. The smallest absolute Gasteiger partial charge is 0.223 e. The van der Waals surface area contributed by atoms with Gasteiger partial charge in [0.25, 0.3) is 0 Å². The van der Waals surface area contributed by atoms with Gasteiger partial charge in [0, 0.05) is 25.3 Å². The fraction of sp³-hybridized carbons (Fsp3) is 0.588. The van der Waals surface area contributed by atoms with Crippen LogP contribution in [-0.2, 0) is 11.2 Å². The zero-order chi connectivity index (χ0) is 14.2. The molecule has 0 spiro atoms. The van der Waals surface area contributed by atoms with Gasteiger partial charge in [0.2, 0.25) is 5.91 Å². The van der Waals surface area contributed by atoms with Crippen LogP contribution < -0.4 is 0 Å². The number of nitrogens with zero attached hydrogens (tertiary/aromatic N) is 1. The molecule has 0 aromatic heterocycles. The summed E-state index contributed by atoms with van der Waals surface area (Å²) in [6.07, 6.45) is 7.55. The lowest BCUT2D eigenvalue weighted by Crippen LogP contribution is -2.40. The maximum absolute atomic E-state index is 12.1. The van der Waals surface area contributed by atoms with E-state index in [0.717, 1.165) is 25.3 Å². The molecule has 1 fully saturated rings. The van der Waals surface area contributed by atoms with Crippen molar-refractivity contribution in [2.24, 2.45) is 5.92 Å². The van der Waals surface area contributed by atoms with Crippen molar-refractivity contribution in [2.45, 2.75) is 32.1 Å². The highest BCUT2D eigenvalue weighted by Gasteiger charge is 2.22. The average Bonchev–Trinajstić information content (AvgIpc) is 2.52. The van der Waals surface area contributed by atoms with Crippen molar-refractivity contribution in [3.05, 3.63) is 35.9 Å². The molecule has 1 heterocycles. The Hall–Kier alpha value is -0.960. The normalized spacial score (nSPS) is 19.1. The molecule has 20 heavy (non-hydrogen) atoms. The Balaban J connectivity index is 1.77. The minimum atomic E-state index is 0.351. The monoisotopic (exact) mass is 291 g/mol. The molecule has 0 N–H and O–H groups in total. The van der Waals surface area contributed by atoms with Gasteiger partial charge >= 0.3 is 0 Å². The summed E-state index contributed by atoms with van der Waals surface area (Å²) in [6.45, 7) is 1.94. The Kier molecular flexibility index (Phi) is 6.44. The lowest BCUT2D eigenvalue weighted by Gasteiger charge is -2.33. The molecule has 0 bridgehead atoms. The fourth-order valence-corrected chi connectivity index (χ4v) is 3.27. The van der Waals surface area contributed by atoms with Crippen molar-refractivity contribution in [2.75, 3.05) is 25.1 Å². The first kappa shape index (κ1) is 15.4. The first-order valence-corrected chi connectivity index (χ1v) is 8.99. The van der Waals surface area contributed by atoms with E-state index in [1.54, 1.807) is 11.8 Å². The SMILES string of the molecule is CSCCC(=O)N1CCC[C@H](CCc2ccccc2)C1. The summed E-state index contributed by atoms with van der Waals surface area (Å²) in [4.78, 5) is 14.2. The molecule has 110 valence electrons. The number of hydrogen-bond donors (Lipinski definition) is 0. The van der Waals surface area contributed by atoms with E-state index in [1.165, 1.54) is 24.8 Å². The summed E-state index contributed by atoms with van der Waals surface area (Å²) < 4.78 is 0. The van der Waals surface area contributed by atoms with E-state index in [-0.39, 0.29) is 0 Å². The first-order chi connectivity index (χ1) is 9.79. The van der Waals surface area contributed by atoms with Crippen LogP contribution >= 0.6 is 11.8 Å². The van der Waals surface area contributed by atoms with Gasteiger partial charge < -0.3 is 4.90 Å². The molecule has 0 unspecified atom stereocenters. The van der Waals surface area contributed by atoms with Gasteiger partial charge in [-0.3, -0.25) is 4.79 Å². The van der Waals surface area contributed by atoms with Gasteiger partial charge in [-0.25, -0.2) is 0 Å². The molecule has 1 aromatic carbocycles. The van der Waals surface area contributed by atoms with Gasteiger partial charge in [0.1, 0.15) is 0 Å². The zero-order valence-electron chi connectivity index (χ0n) is 12.4. The summed E-state index contributed by atoms with van der Waals surface area (Å²) in [6, 6.07) is 10.7. The maximum atomic E-state index is 12.1. The van der Waals surface area contributed by atoms with Crippen LogP contribution in [-0.4, -0.2) is 35.9 Å². The molecule has 3 heteroatoms. The molecule has 2 rings (SSSR count). The van der Waals surface area contributed by atoms with E-state index in [0.29, 0.717) is 18.2 Å². The number of carbonyl (C=O) groups excluding carboxylic acids is 1. The second-order valence-electron chi connectivity index (χ2n) is 5.62. The van der Waals surface area contributed by atoms with Gasteiger partial charge in [-0.05, 0) is 43.4 Å². The average molecular weight is 291 g/mol. The number of aryl methyl sites for hydroxylation is 1. The van der Waals surface area contributed by atoms with E-state index in [1.807, 2.05) is 0 Å². The number of rotatable bonds is 6. The highest BCUT2D eigenvalue weighted by Crippen LogP contribution is 2.22. The number of benzene rings is 1. The van der Waals surface area contributed by atoms with Crippen molar-refractivity contribution in [3.63, 3.8) is 0 Å². The highest BCUT2D eigenvalue weighted by atomic mass is 32.2. The summed E-state index contributed by atoms with van der Waals surface area (Å²) in [5.74, 6) is 1.98. The number of thioether (sulfide) groups is 1. The van der Waals surface area contributed by atoms with Crippen LogP contribution in [0.5, 0.6) is 0 Å². The molecular weight excluding hydrogens is 266 g/mol. The molecule has 1 amide bonds. The van der Waals surface area contributed by atoms with Crippen molar-refractivity contribution in [1.82, 2.24) is 4.90 Å². The predicted molar refractivity (Wildman–Crippen MR) is 87.1 cm³/mol. The third-order valence-corrected chi connectivity index (χ3v) is 4.69. The predicted octanol–water partition coefficient (Wildman–Crippen LogP) is 3.61. The minimum Gasteiger partial charge on any atom is -0.342 e. The van der Waals surface area contributed by atoms with Crippen molar-refractivity contribution in [3.8, 4) is 0 Å². The molecule has 0 saturated carbocycles. The maximum Gasteiger partial charge on any atom is 0.223 e. The number of hydrogen-bond acceptors (Lipinski definition) is 2. The van der Waals surface area contributed by atoms with Crippen molar-refractivity contribution < 1.29 is 4.79 Å². The van der Waals surface area contributed by atoms with Crippen LogP contribution in [0.3, 0.4) is 0 Å². The van der Waals surface area contributed by atoms with Gasteiger partial charge in [-0.1, -0.05) is 30.3 Å². The van der Waals surface area contributed by atoms with Crippen LogP contribution in [0.4, 0.5) is 0 Å². The molecule has 1 saturated heterocycles. The molecular formula is C17H25NOS. The fourth-order valence-electron chi connectivity index (χ4n) is 2.89. The van der Waals surface area contributed by atoms with Gasteiger partial charge in [-0.2, -0.15) is 11.8 Å². The molecule has 1 aliphatic rings. The van der Waals surface area contributed by atoms with E-state index in [9.17, 15) is 4.79 Å². The molecule has 1 aliphatic heterocycles. The Morgan fingerprint density at radius 2 is 2.15 bits per heavy atom. The Morgan fingerprint density at radius 3 is 2.90 bits per heavy atom. The van der Waals surface area contributed by atoms with Crippen LogP contribution in [0.1, 0.15) is 31.2 Å².